The minimum absolute atomic E-state index is 0.107. The van der Waals surface area contributed by atoms with E-state index in [4.69, 9.17) is 37.0 Å². The zero-order valence-corrected chi connectivity index (χ0v) is 65.9. The van der Waals surface area contributed by atoms with Crippen LogP contribution in [0.2, 0.25) is 0 Å². The van der Waals surface area contributed by atoms with Crippen LogP contribution in [0.3, 0.4) is 0 Å². The van der Waals surface area contributed by atoms with Gasteiger partial charge in [-0.05, 0) is 37.5 Å². The van der Waals surface area contributed by atoms with Crippen LogP contribution >= 0.6 is 15.6 Å². The van der Waals surface area contributed by atoms with Gasteiger partial charge >= 0.3 is 39.5 Å². The lowest BCUT2D eigenvalue weighted by molar-refractivity contribution is -0.161. The van der Waals surface area contributed by atoms with Gasteiger partial charge < -0.3 is 33.8 Å². The number of esters is 4. The van der Waals surface area contributed by atoms with E-state index in [0.717, 1.165) is 102 Å². The Balaban J connectivity index is 5.24. The van der Waals surface area contributed by atoms with Crippen molar-refractivity contribution < 1.29 is 80.2 Å². The molecule has 2 unspecified atom stereocenters. The van der Waals surface area contributed by atoms with E-state index in [1.54, 1.807) is 0 Å². The number of aliphatic hydroxyl groups is 1. The van der Waals surface area contributed by atoms with Gasteiger partial charge in [-0.1, -0.05) is 363 Å². The van der Waals surface area contributed by atoms with Crippen LogP contribution in [0.25, 0.3) is 0 Å². The van der Waals surface area contributed by atoms with Crippen LogP contribution in [0.15, 0.2) is 0 Å². The van der Waals surface area contributed by atoms with Crippen molar-refractivity contribution >= 4 is 39.5 Å². The van der Waals surface area contributed by atoms with Gasteiger partial charge in [0, 0.05) is 25.7 Å². The molecule has 0 aromatic carbocycles. The number of carbonyl (C=O) groups is 4. The number of carbonyl (C=O) groups excluding carboxylic acids is 4. The molecule has 0 saturated heterocycles. The molecule has 0 fully saturated rings. The van der Waals surface area contributed by atoms with Crippen LogP contribution in [-0.2, 0) is 65.4 Å². The highest BCUT2D eigenvalue weighted by atomic mass is 31.2. The Morgan fingerprint density at radius 1 is 0.276 bits per heavy atom. The molecular weight excluding hydrogens is 1280 g/mol. The maximum atomic E-state index is 13.1. The molecular formula is C79H154O17P2. The Kier molecular flexibility index (Phi) is 69.3. The summed E-state index contributed by atoms with van der Waals surface area (Å²) in [6.45, 7) is 9.62. The van der Waals surface area contributed by atoms with Crippen LogP contribution in [-0.4, -0.2) is 96.7 Å². The molecule has 582 valence electrons. The molecule has 3 N–H and O–H groups in total. The van der Waals surface area contributed by atoms with Crippen molar-refractivity contribution in [3.05, 3.63) is 0 Å². The minimum atomic E-state index is -4.96. The SMILES string of the molecule is CCCCCCCCCCCCCCCCCCCCCC(=O)O[C@H](COC(=O)CCCCCCCCCCCCCC(C)C)COP(=O)(O)OC[C@@H](O)COP(=O)(O)OC[C@@H](COC(=O)CCCCCCCCCCCCC)OC(=O)CCCCCCCCCCCCCC(C)C. The van der Waals surface area contributed by atoms with E-state index in [1.807, 2.05) is 0 Å². The van der Waals surface area contributed by atoms with Crippen molar-refractivity contribution in [2.24, 2.45) is 11.8 Å². The molecule has 0 aromatic heterocycles. The van der Waals surface area contributed by atoms with E-state index in [9.17, 15) is 43.2 Å². The van der Waals surface area contributed by atoms with Crippen molar-refractivity contribution in [2.45, 2.75) is 432 Å². The van der Waals surface area contributed by atoms with Crippen molar-refractivity contribution in [3.63, 3.8) is 0 Å². The molecule has 0 aromatic rings. The van der Waals surface area contributed by atoms with Gasteiger partial charge in [0.25, 0.3) is 0 Å². The maximum absolute atomic E-state index is 13.1. The highest BCUT2D eigenvalue weighted by molar-refractivity contribution is 7.47. The normalized spacial score (nSPS) is 13.9. The van der Waals surface area contributed by atoms with Gasteiger partial charge in [0.05, 0.1) is 26.4 Å². The second-order valence-corrected chi connectivity index (χ2v) is 32.3. The first-order valence-electron chi connectivity index (χ1n) is 41.0. The van der Waals surface area contributed by atoms with Crippen molar-refractivity contribution in [1.29, 1.82) is 0 Å². The Hall–Kier alpha value is -1.94. The van der Waals surface area contributed by atoms with Crippen LogP contribution in [0, 0.1) is 11.8 Å². The van der Waals surface area contributed by atoms with Gasteiger partial charge in [0.1, 0.15) is 19.3 Å². The molecule has 0 aliphatic rings. The summed E-state index contributed by atoms with van der Waals surface area (Å²) in [6.07, 6.45) is 59.6. The highest BCUT2D eigenvalue weighted by Gasteiger charge is 2.30. The first-order valence-corrected chi connectivity index (χ1v) is 44.0. The molecule has 5 atom stereocenters. The standard InChI is InChI=1S/C79H154O17P2/c1-7-9-11-13-15-17-19-20-21-22-23-24-25-26-32-39-45-51-57-63-78(83)95-75(68-90-77(82)62-56-50-44-38-33-27-30-35-41-47-53-59-71(3)4)70-94-98(87,88)92-66-73(80)65-91-97(85,86)93-69-74(67-89-76(81)61-55-49-43-37-29-18-16-14-12-10-8-2)96-79(84)64-58-52-46-40-34-28-31-36-42-48-54-60-72(5)6/h71-75,80H,7-70H2,1-6H3,(H,85,86)(H,87,88)/t73-,74+,75+/m0/s1. The van der Waals surface area contributed by atoms with E-state index < -0.39 is 97.5 Å². The number of phosphoric acid groups is 2. The monoisotopic (exact) mass is 1440 g/mol. The summed E-state index contributed by atoms with van der Waals surface area (Å²) in [4.78, 5) is 73.0. The largest absolute Gasteiger partial charge is 0.472 e. The Labute approximate surface area is 600 Å². The van der Waals surface area contributed by atoms with Gasteiger partial charge in [-0.2, -0.15) is 0 Å². The summed E-state index contributed by atoms with van der Waals surface area (Å²) in [5, 5.41) is 10.6. The molecule has 0 aliphatic heterocycles. The summed E-state index contributed by atoms with van der Waals surface area (Å²) >= 11 is 0. The van der Waals surface area contributed by atoms with Crippen LogP contribution in [0.1, 0.15) is 414 Å². The fourth-order valence-corrected chi connectivity index (χ4v) is 13.8. The van der Waals surface area contributed by atoms with E-state index in [1.165, 1.54) is 231 Å². The molecule has 17 nitrogen and oxygen atoms in total. The fourth-order valence-electron chi connectivity index (χ4n) is 12.2. The maximum Gasteiger partial charge on any atom is 0.472 e. The van der Waals surface area contributed by atoms with Gasteiger partial charge in [0.2, 0.25) is 0 Å². The topological polar surface area (TPSA) is 237 Å². The average molecular weight is 1440 g/mol. The smallest absolute Gasteiger partial charge is 0.462 e. The Morgan fingerprint density at radius 3 is 0.694 bits per heavy atom. The molecule has 98 heavy (non-hydrogen) atoms. The quantitative estimate of drug-likeness (QED) is 0.0222. The predicted octanol–water partition coefficient (Wildman–Crippen LogP) is 23.5. The van der Waals surface area contributed by atoms with Crippen molar-refractivity contribution in [3.8, 4) is 0 Å². The zero-order chi connectivity index (χ0) is 72.1. The lowest BCUT2D eigenvalue weighted by Gasteiger charge is -2.21. The van der Waals surface area contributed by atoms with Crippen LogP contribution in [0.4, 0.5) is 0 Å². The number of unbranched alkanes of at least 4 members (excludes halogenated alkanes) is 48. The summed E-state index contributed by atoms with van der Waals surface area (Å²) in [5.41, 5.74) is 0. The Bertz CT molecular complexity index is 1890. The van der Waals surface area contributed by atoms with E-state index >= 15 is 0 Å². The van der Waals surface area contributed by atoms with E-state index in [-0.39, 0.29) is 25.7 Å². The second kappa shape index (κ2) is 70.7. The molecule has 0 radical (unpaired) electrons. The lowest BCUT2D eigenvalue weighted by atomic mass is 10.0. The lowest BCUT2D eigenvalue weighted by Crippen LogP contribution is -2.30. The molecule has 0 heterocycles. The third kappa shape index (κ3) is 72.4. The third-order valence-electron chi connectivity index (χ3n) is 18.5. The van der Waals surface area contributed by atoms with Gasteiger partial charge in [-0.15, -0.1) is 0 Å². The van der Waals surface area contributed by atoms with Gasteiger partial charge in [0.15, 0.2) is 12.2 Å². The van der Waals surface area contributed by atoms with Crippen LogP contribution < -0.4 is 0 Å². The number of hydrogen-bond donors (Lipinski definition) is 3. The van der Waals surface area contributed by atoms with Gasteiger partial charge in [-0.25, -0.2) is 9.13 Å². The molecule has 0 aliphatic carbocycles. The van der Waals surface area contributed by atoms with Crippen molar-refractivity contribution in [1.82, 2.24) is 0 Å². The number of aliphatic hydroxyl groups excluding tert-OH is 1. The molecule has 0 spiro atoms. The predicted molar refractivity (Wildman–Crippen MR) is 400 cm³/mol. The third-order valence-corrected chi connectivity index (χ3v) is 20.4. The summed E-state index contributed by atoms with van der Waals surface area (Å²) in [7, 11) is -9.92. The van der Waals surface area contributed by atoms with Crippen molar-refractivity contribution in [2.75, 3.05) is 39.6 Å². The fraction of sp³-hybridized carbons (Fsp3) is 0.949. The highest BCUT2D eigenvalue weighted by Crippen LogP contribution is 2.45. The summed E-state index contributed by atoms with van der Waals surface area (Å²) < 4.78 is 68.7. The number of hydrogen-bond acceptors (Lipinski definition) is 15. The summed E-state index contributed by atoms with van der Waals surface area (Å²) in [6, 6.07) is 0. The van der Waals surface area contributed by atoms with E-state index in [0.29, 0.717) is 25.7 Å². The molecule has 0 bridgehead atoms. The summed E-state index contributed by atoms with van der Waals surface area (Å²) in [5.74, 6) is -0.574. The first-order chi connectivity index (χ1) is 47.4. The first kappa shape index (κ1) is 96.1. The number of ether oxygens (including phenoxy) is 4. The van der Waals surface area contributed by atoms with E-state index in [2.05, 4.69) is 41.5 Å². The average Bonchev–Trinajstić information content (AvgIpc) is 1.15. The number of rotatable bonds is 78. The molecule has 19 heteroatoms. The molecule has 0 rings (SSSR count). The van der Waals surface area contributed by atoms with Crippen LogP contribution in [0.5, 0.6) is 0 Å². The second-order valence-electron chi connectivity index (χ2n) is 29.4. The zero-order valence-electron chi connectivity index (χ0n) is 64.1. The van der Waals surface area contributed by atoms with Gasteiger partial charge in [-0.3, -0.25) is 37.3 Å². The molecule has 0 amide bonds. The molecule has 0 saturated carbocycles. The number of phosphoric ester groups is 2. The minimum Gasteiger partial charge on any atom is -0.462 e. The Morgan fingerprint density at radius 2 is 0.469 bits per heavy atom.